The fourth-order valence-corrected chi connectivity index (χ4v) is 7.53. The highest BCUT2D eigenvalue weighted by Gasteiger charge is 2.24. The molecule has 0 radical (unpaired) electrons. The highest BCUT2D eigenvalue weighted by Crippen LogP contribution is 2.29. The molecule has 3 fully saturated rings. The van der Waals surface area contributed by atoms with Gasteiger partial charge in [-0.05, 0) is 84.6 Å². The molecule has 1 N–H and O–H groups in total. The summed E-state index contributed by atoms with van der Waals surface area (Å²) >= 11 is 13.4. The molecule has 3 aliphatic heterocycles. The molecule has 3 heterocycles. The summed E-state index contributed by atoms with van der Waals surface area (Å²) in [5, 5.41) is 4.19. The van der Waals surface area contributed by atoms with E-state index in [1.54, 1.807) is 0 Å². The van der Waals surface area contributed by atoms with Crippen molar-refractivity contribution in [1.29, 1.82) is 0 Å². The average Bonchev–Trinajstić information content (AvgIpc) is 3.65. The minimum atomic E-state index is -0.0845. The summed E-state index contributed by atoms with van der Waals surface area (Å²) in [6.07, 6.45) is 2.67. The summed E-state index contributed by atoms with van der Waals surface area (Å²) in [5.41, 5.74) is 5.80. The second-order valence-corrected chi connectivity index (χ2v) is 13.7. The molecular weight excluding hydrogens is 631 g/mol. The van der Waals surface area contributed by atoms with Crippen LogP contribution in [0.1, 0.15) is 46.8 Å². The quantitative estimate of drug-likeness (QED) is 0.304. The van der Waals surface area contributed by atoms with Crippen molar-refractivity contribution >= 4 is 46.4 Å². The highest BCUT2D eigenvalue weighted by atomic mass is 35.5. The molecule has 0 spiro atoms. The molecule has 0 aliphatic carbocycles. The second-order valence-electron chi connectivity index (χ2n) is 12.9. The van der Waals surface area contributed by atoms with E-state index < -0.39 is 0 Å². The summed E-state index contributed by atoms with van der Waals surface area (Å²) in [6, 6.07) is 20.1. The molecule has 0 saturated carbocycles. The number of rotatable bonds is 10. The molecule has 3 aromatic carbocycles. The number of likely N-dealkylation sites (N-methyl/N-ethyl adjacent to an activating group) is 1. The van der Waals surface area contributed by atoms with Crippen LogP contribution in [0.3, 0.4) is 0 Å². The number of benzene rings is 3. The van der Waals surface area contributed by atoms with E-state index in [1.165, 1.54) is 18.5 Å². The van der Waals surface area contributed by atoms with Crippen LogP contribution in [0.2, 0.25) is 10.0 Å². The molecule has 6 rings (SSSR count). The van der Waals surface area contributed by atoms with E-state index in [9.17, 15) is 9.59 Å². The zero-order valence-corrected chi connectivity index (χ0v) is 28.9. The smallest absolute Gasteiger partial charge is 0.251 e. The first-order valence-corrected chi connectivity index (χ1v) is 17.8. The highest BCUT2D eigenvalue weighted by molar-refractivity contribution is 6.36. The summed E-state index contributed by atoms with van der Waals surface area (Å²) in [6.45, 7) is 13.7. The Bertz CT molecular complexity index is 1510. The van der Waals surface area contributed by atoms with Crippen LogP contribution in [0.15, 0.2) is 60.7 Å². The van der Waals surface area contributed by atoms with Gasteiger partial charge in [0.05, 0.1) is 6.42 Å². The normalized spacial score (nSPS) is 17.7. The number of carbonyl (C=O) groups is 2. The lowest BCUT2D eigenvalue weighted by Crippen LogP contribution is -2.49. The van der Waals surface area contributed by atoms with Crippen LogP contribution >= 0.6 is 23.2 Å². The van der Waals surface area contributed by atoms with Crippen molar-refractivity contribution in [1.82, 2.24) is 20.0 Å². The first-order chi connectivity index (χ1) is 22.9. The molecule has 250 valence electrons. The van der Waals surface area contributed by atoms with Crippen LogP contribution in [-0.2, 0) is 24.3 Å². The summed E-state index contributed by atoms with van der Waals surface area (Å²) < 4.78 is 0. The Morgan fingerprint density at radius 3 is 2.00 bits per heavy atom. The van der Waals surface area contributed by atoms with Crippen molar-refractivity contribution < 1.29 is 9.59 Å². The van der Waals surface area contributed by atoms with Gasteiger partial charge in [-0.2, -0.15) is 0 Å². The summed E-state index contributed by atoms with van der Waals surface area (Å²) in [4.78, 5) is 37.6. The molecule has 0 aromatic heterocycles. The Balaban J connectivity index is 0.962. The number of nitrogens with one attached hydrogen (secondary N) is 1. The van der Waals surface area contributed by atoms with Gasteiger partial charge in [0.2, 0.25) is 5.91 Å². The van der Waals surface area contributed by atoms with Gasteiger partial charge in [0.1, 0.15) is 0 Å². The number of amides is 2. The number of piperazine rings is 2. The van der Waals surface area contributed by atoms with Gasteiger partial charge in [-0.15, -0.1) is 0 Å². The number of carbonyl (C=O) groups excluding carboxylic acids is 2. The van der Waals surface area contributed by atoms with Crippen LogP contribution in [-0.4, -0.2) is 98.5 Å². The van der Waals surface area contributed by atoms with E-state index in [0.717, 1.165) is 82.3 Å². The number of anilines is 2. The summed E-state index contributed by atoms with van der Waals surface area (Å²) in [5.74, 6) is -0.0476. The zero-order chi connectivity index (χ0) is 32.8. The van der Waals surface area contributed by atoms with E-state index in [0.29, 0.717) is 40.8 Å². The van der Waals surface area contributed by atoms with E-state index in [2.05, 4.69) is 56.1 Å². The molecule has 8 nitrogen and oxygen atoms in total. The van der Waals surface area contributed by atoms with Gasteiger partial charge in [0.15, 0.2) is 0 Å². The molecule has 0 unspecified atom stereocenters. The van der Waals surface area contributed by atoms with Gasteiger partial charge in [-0.3, -0.25) is 14.5 Å². The van der Waals surface area contributed by atoms with Crippen molar-refractivity contribution in [2.45, 2.75) is 39.3 Å². The lowest BCUT2D eigenvalue weighted by atomic mass is 10.1. The van der Waals surface area contributed by atoms with Crippen LogP contribution in [0, 0.1) is 0 Å². The summed E-state index contributed by atoms with van der Waals surface area (Å²) in [7, 11) is 0. The third kappa shape index (κ3) is 8.60. The molecule has 2 amide bonds. The molecule has 3 aromatic rings. The van der Waals surface area contributed by atoms with Gasteiger partial charge < -0.3 is 24.9 Å². The Morgan fingerprint density at radius 1 is 0.702 bits per heavy atom. The number of hydrogen-bond acceptors (Lipinski definition) is 6. The Morgan fingerprint density at radius 2 is 1.34 bits per heavy atom. The number of nitrogens with zero attached hydrogens (tertiary/aromatic N) is 5. The number of hydrogen-bond donors (Lipinski definition) is 1. The van der Waals surface area contributed by atoms with Gasteiger partial charge in [0, 0.05) is 106 Å². The first kappa shape index (κ1) is 33.6. The Kier molecular flexibility index (Phi) is 11.2. The molecule has 3 saturated heterocycles. The Labute approximate surface area is 289 Å². The third-order valence-corrected chi connectivity index (χ3v) is 10.5. The van der Waals surface area contributed by atoms with Crippen LogP contribution in [0.25, 0.3) is 0 Å². The molecule has 0 bridgehead atoms. The topological polar surface area (TPSA) is 62.4 Å². The lowest BCUT2D eigenvalue weighted by Gasteiger charge is -2.36. The molecule has 10 heteroatoms. The molecule has 47 heavy (non-hydrogen) atoms. The zero-order valence-electron chi connectivity index (χ0n) is 27.4. The van der Waals surface area contributed by atoms with Crippen LogP contribution < -0.4 is 15.1 Å². The third-order valence-electron chi connectivity index (χ3n) is 9.81. The van der Waals surface area contributed by atoms with Gasteiger partial charge >= 0.3 is 0 Å². The average molecular weight is 678 g/mol. The molecule has 0 atom stereocenters. The fraction of sp³-hybridized carbons (Fsp3) is 0.459. The fourth-order valence-electron chi connectivity index (χ4n) is 6.86. The van der Waals surface area contributed by atoms with Crippen molar-refractivity contribution in [3.05, 3.63) is 93.0 Å². The van der Waals surface area contributed by atoms with Crippen molar-refractivity contribution in [3.8, 4) is 0 Å². The minimum absolute atomic E-state index is 0.0369. The maximum atomic E-state index is 13.3. The van der Waals surface area contributed by atoms with E-state index in [-0.39, 0.29) is 18.2 Å². The van der Waals surface area contributed by atoms with Gasteiger partial charge in [-0.1, -0.05) is 42.3 Å². The minimum Gasteiger partial charge on any atom is -0.372 e. The van der Waals surface area contributed by atoms with E-state index in [4.69, 9.17) is 23.2 Å². The Hall–Kier alpha value is -3.30. The molecule has 3 aliphatic rings. The largest absolute Gasteiger partial charge is 0.372 e. The van der Waals surface area contributed by atoms with Crippen LogP contribution in [0.5, 0.6) is 0 Å². The SMILES string of the molecule is CCN1CCN(Cc2cc(Cl)c(CC(=O)N3CCN(c4ccc(C(=O)NCc5cccc(N6CCCC6)c5)cc4)CC3)c(Cl)c2)CC1. The van der Waals surface area contributed by atoms with Crippen LogP contribution in [0.4, 0.5) is 11.4 Å². The number of halogens is 2. The monoisotopic (exact) mass is 676 g/mol. The van der Waals surface area contributed by atoms with E-state index in [1.807, 2.05) is 41.3 Å². The predicted molar refractivity (Wildman–Crippen MR) is 192 cm³/mol. The first-order valence-electron chi connectivity index (χ1n) is 17.0. The van der Waals surface area contributed by atoms with Crippen molar-refractivity contribution in [3.63, 3.8) is 0 Å². The van der Waals surface area contributed by atoms with Gasteiger partial charge in [0.25, 0.3) is 5.91 Å². The maximum absolute atomic E-state index is 13.3. The van der Waals surface area contributed by atoms with Crippen molar-refractivity contribution in [2.75, 3.05) is 81.8 Å². The van der Waals surface area contributed by atoms with Gasteiger partial charge in [-0.25, -0.2) is 0 Å². The maximum Gasteiger partial charge on any atom is 0.251 e. The predicted octanol–water partition coefficient (Wildman–Crippen LogP) is 5.55. The second kappa shape index (κ2) is 15.7. The lowest BCUT2D eigenvalue weighted by molar-refractivity contribution is -0.130. The molecular formula is C37H46Cl2N6O2. The van der Waals surface area contributed by atoms with E-state index >= 15 is 0 Å². The van der Waals surface area contributed by atoms with Crippen molar-refractivity contribution in [2.24, 2.45) is 0 Å². The standard InChI is InChI=1S/C37H46Cl2N6O2/c1-2-41-14-16-42(17-15-41)27-29-23-34(38)33(35(39)24-29)25-36(46)45-20-18-44(19-21-45)31-10-8-30(9-11-31)37(47)40-26-28-6-5-7-32(22-28)43-12-3-4-13-43/h5-11,22-24H,2-4,12-21,25-27H2,1H3,(H,40,47).